The molecule has 1 aromatic heterocycles. The van der Waals surface area contributed by atoms with Gasteiger partial charge in [0.15, 0.2) is 0 Å². The molecule has 1 aliphatic heterocycles. The van der Waals surface area contributed by atoms with Crippen molar-refractivity contribution in [1.29, 1.82) is 0 Å². The van der Waals surface area contributed by atoms with Gasteiger partial charge in [0, 0.05) is 12.0 Å². The van der Waals surface area contributed by atoms with Crippen LogP contribution in [-0.4, -0.2) is 25.2 Å². The molecule has 0 aliphatic carbocycles. The summed E-state index contributed by atoms with van der Waals surface area (Å²) in [6.45, 7) is 0.699. The third-order valence-corrected chi connectivity index (χ3v) is 7.69. The van der Waals surface area contributed by atoms with Crippen LogP contribution in [0.1, 0.15) is 70.4 Å². The minimum Gasteiger partial charge on any atom is -0.462 e. The number of unbranched alkanes of at least 4 members (excludes halogenated alkanes) is 5. The summed E-state index contributed by atoms with van der Waals surface area (Å²) in [6, 6.07) is 25.2. The van der Waals surface area contributed by atoms with Gasteiger partial charge in [0.1, 0.15) is 22.7 Å². The molecule has 0 saturated carbocycles. The maximum atomic E-state index is 12.8. The summed E-state index contributed by atoms with van der Waals surface area (Å²) in [5.41, 5.74) is 3.75. The molecule has 0 amide bonds. The minimum atomic E-state index is -0.451. The average molecular weight is 577 g/mol. The van der Waals surface area contributed by atoms with Crippen LogP contribution in [0, 0.1) is 0 Å². The van der Waals surface area contributed by atoms with Crippen molar-refractivity contribution in [2.45, 2.75) is 44.9 Å². The van der Waals surface area contributed by atoms with Crippen molar-refractivity contribution < 1.29 is 28.2 Å². The fourth-order valence-corrected chi connectivity index (χ4v) is 5.36. The van der Waals surface area contributed by atoms with Gasteiger partial charge in [-0.1, -0.05) is 56.0 Å². The quantitative estimate of drug-likeness (QED) is 0.0877. The van der Waals surface area contributed by atoms with E-state index in [1.165, 1.54) is 0 Å². The smallest absolute Gasteiger partial charge is 0.338 e. The molecule has 0 unspecified atom stereocenters. The van der Waals surface area contributed by atoms with E-state index < -0.39 is 5.97 Å². The Hall–Kier alpha value is -4.91. The summed E-state index contributed by atoms with van der Waals surface area (Å²) < 4.78 is 22.7. The molecule has 0 saturated heterocycles. The van der Waals surface area contributed by atoms with E-state index in [-0.39, 0.29) is 11.4 Å². The third kappa shape index (κ3) is 6.46. The van der Waals surface area contributed by atoms with E-state index in [2.05, 4.69) is 0 Å². The number of fused-ring (bicyclic) bond motifs is 4. The lowest BCUT2D eigenvalue weighted by Gasteiger charge is -2.20. The number of benzene rings is 4. The van der Waals surface area contributed by atoms with Gasteiger partial charge < -0.3 is 18.6 Å². The van der Waals surface area contributed by atoms with Crippen LogP contribution in [0.3, 0.4) is 0 Å². The molecule has 0 N–H and O–H groups in total. The van der Waals surface area contributed by atoms with Crippen molar-refractivity contribution in [3.05, 3.63) is 117 Å². The standard InChI is InChI=1S/C36H32O7/c37-34-28-12-6-8-14-32(28)43-33-18-16-26(23-29(33)34)36(39)41-20-10-4-2-1-3-9-19-40-35(38)25-15-17-31-27(22-25)21-24-11-5-7-13-30(24)42-31/h5-8,11-18,22-23H,1-4,9-10,19-21H2. The molecular weight excluding hydrogens is 544 g/mol. The van der Waals surface area contributed by atoms with Crippen LogP contribution in [0.15, 0.2) is 94.1 Å². The van der Waals surface area contributed by atoms with Gasteiger partial charge in [-0.3, -0.25) is 4.79 Å². The number of hydrogen-bond acceptors (Lipinski definition) is 7. The first-order valence-electron chi connectivity index (χ1n) is 14.8. The maximum absolute atomic E-state index is 12.8. The van der Waals surface area contributed by atoms with Crippen molar-refractivity contribution >= 4 is 33.9 Å². The van der Waals surface area contributed by atoms with E-state index in [1.54, 1.807) is 42.5 Å². The second-order valence-corrected chi connectivity index (χ2v) is 10.7. The first kappa shape index (κ1) is 28.2. The van der Waals surface area contributed by atoms with Gasteiger partial charge in [-0.05, 0) is 73.0 Å². The van der Waals surface area contributed by atoms with Gasteiger partial charge >= 0.3 is 11.9 Å². The second-order valence-electron chi connectivity index (χ2n) is 10.7. The molecular formula is C36H32O7. The molecule has 7 nitrogen and oxygen atoms in total. The summed E-state index contributed by atoms with van der Waals surface area (Å²) in [4.78, 5) is 37.9. The number of para-hydroxylation sites is 2. The Kier molecular flexibility index (Phi) is 8.50. The minimum absolute atomic E-state index is 0.165. The molecule has 218 valence electrons. The lowest BCUT2D eigenvalue weighted by Crippen LogP contribution is -2.09. The Morgan fingerprint density at radius 3 is 2.00 bits per heavy atom. The first-order chi connectivity index (χ1) is 21.1. The van der Waals surface area contributed by atoms with Gasteiger partial charge in [-0.15, -0.1) is 0 Å². The van der Waals surface area contributed by atoms with Crippen LogP contribution < -0.4 is 10.2 Å². The normalized spacial score (nSPS) is 11.9. The summed E-state index contributed by atoms with van der Waals surface area (Å²) in [5, 5.41) is 0.845. The van der Waals surface area contributed by atoms with Crippen LogP contribution in [0.25, 0.3) is 21.9 Å². The summed E-state index contributed by atoms with van der Waals surface area (Å²) >= 11 is 0. The number of hydrogen-bond donors (Lipinski definition) is 0. The fourth-order valence-electron chi connectivity index (χ4n) is 5.36. The molecule has 2 heterocycles. The van der Waals surface area contributed by atoms with Crippen molar-refractivity contribution in [2.24, 2.45) is 0 Å². The van der Waals surface area contributed by atoms with Crippen molar-refractivity contribution in [1.82, 2.24) is 0 Å². The Labute approximate surface area is 249 Å². The average Bonchev–Trinajstić information content (AvgIpc) is 3.04. The fraction of sp³-hybridized carbons (Fsp3) is 0.250. The van der Waals surface area contributed by atoms with Gasteiger partial charge in [0.05, 0.1) is 35.1 Å². The van der Waals surface area contributed by atoms with E-state index in [9.17, 15) is 14.4 Å². The predicted octanol–water partition coefficient (Wildman–Crippen LogP) is 8.00. The molecule has 43 heavy (non-hydrogen) atoms. The van der Waals surface area contributed by atoms with Gasteiger partial charge in [0.2, 0.25) is 5.43 Å². The maximum Gasteiger partial charge on any atom is 0.338 e. The predicted molar refractivity (Wildman–Crippen MR) is 164 cm³/mol. The molecule has 0 atom stereocenters. The van der Waals surface area contributed by atoms with E-state index in [1.807, 2.05) is 42.5 Å². The van der Waals surface area contributed by atoms with Crippen LogP contribution in [0.5, 0.6) is 11.5 Å². The monoisotopic (exact) mass is 576 g/mol. The zero-order valence-electron chi connectivity index (χ0n) is 23.8. The molecule has 7 heteroatoms. The Balaban J connectivity index is 0.864. The summed E-state index contributed by atoms with van der Waals surface area (Å²) in [7, 11) is 0. The molecule has 0 fully saturated rings. The molecule has 0 bridgehead atoms. The number of carbonyl (C=O) groups excluding carboxylic acids is 2. The molecule has 5 aromatic rings. The van der Waals surface area contributed by atoms with Gasteiger partial charge in [-0.2, -0.15) is 0 Å². The highest BCUT2D eigenvalue weighted by atomic mass is 16.5. The summed E-state index contributed by atoms with van der Waals surface area (Å²) in [6.07, 6.45) is 6.18. The lowest BCUT2D eigenvalue weighted by molar-refractivity contribution is 0.0484. The van der Waals surface area contributed by atoms with Crippen LogP contribution in [0.4, 0.5) is 0 Å². The lowest BCUT2D eigenvalue weighted by atomic mass is 9.98. The SMILES string of the molecule is O=C(OCCCCCCCCOC(=O)c1ccc2oc3ccccc3c(=O)c2c1)c1ccc2c(c1)Cc1ccccc1O2. The number of carbonyl (C=O) groups is 2. The number of rotatable bonds is 11. The Morgan fingerprint density at radius 2 is 1.21 bits per heavy atom. The molecule has 0 spiro atoms. The molecule has 6 rings (SSSR count). The number of esters is 2. The van der Waals surface area contributed by atoms with Gasteiger partial charge in [-0.25, -0.2) is 9.59 Å². The third-order valence-electron chi connectivity index (χ3n) is 7.69. The Morgan fingerprint density at radius 1 is 0.605 bits per heavy atom. The highest BCUT2D eigenvalue weighted by molar-refractivity contribution is 5.96. The van der Waals surface area contributed by atoms with E-state index in [0.717, 1.165) is 67.6 Å². The van der Waals surface area contributed by atoms with Crippen LogP contribution in [0.2, 0.25) is 0 Å². The van der Waals surface area contributed by atoms with E-state index in [0.29, 0.717) is 46.3 Å². The van der Waals surface area contributed by atoms with Gasteiger partial charge in [0.25, 0.3) is 0 Å². The van der Waals surface area contributed by atoms with Crippen molar-refractivity contribution in [2.75, 3.05) is 13.2 Å². The zero-order chi connectivity index (χ0) is 29.6. The summed E-state index contributed by atoms with van der Waals surface area (Å²) in [5.74, 6) is 0.872. The zero-order valence-corrected chi connectivity index (χ0v) is 23.8. The van der Waals surface area contributed by atoms with E-state index in [4.69, 9.17) is 18.6 Å². The largest absolute Gasteiger partial charge is 0.462 e. The molecule has 1 aliphatic rings. The topological polar surface area (TPSA) is 92.0 Å². The van der Waals surface area contributed by atoms with Crippen molar-refractivity contribution in [3.63, 3.8) is 0 Å². The van der Waals surface area contributed by atoms with Crippen LogP contribution in [-0.2, 0) is 15.9 Å². The second kappa shape index (κ2) is 12.9. The highest BCUT2D eigenvalue weighted by Crippen LogP contribution is 2.36. The van der Waals surface area contributed by atoms with Crippen molar-refractivity contribution in [3.8, 4) is 11.5 Å². The number of ether oxygens (including phenoxy) is 3. The molecule has 0 radical (unpaired) electrons. The highest BCUT2D eigenvalue weighted by Gasteiger charge is 2.19. The van der Waals surface area contributed by atoms with E-state index >= 15 is 0 Å². The Bertz CT molecular complexity index is 1850. The molecule has 4 aromatic carbocycles. The first-order valence-corrected chi connectivity index (χ1v) is 14.8. The van der Waals surface area contributed by atoms with Crippen LogP contribution >= 0.6 is 0 Å².